The first kappa shape index (κ1) is 23.3. The maximum absolute atomic E-state index is 2.30. The van der Waals surface area contributed by atoms with Crippen LogP contribution in [0.3, 0.4) is 0 Å². The van der Waals surface area contributed by atoms with Gasteiger partial charge in [0.25, 0.3) is 0 Å². The monoisotopic (exact) mass is 441 g/mol. The van der Waals surface area contributed by atoms with E-state index in [9.17, 15) is 0 Å². The van der Waals surface area contributed by atoms with Crippen molar-refractivity contribution in [2.24, 2.45) is 0 Å². The number of nitrogens with zero attached hydrogens (tertiary/aromatic N) is 1. The SMILES string of the molecule is CN(C)CC([c-]1cccc1)P(c1ccccc1)c1ccccc1.[Fe].[cH-]1[cH-][cH-][cH-][cH-]1. The molecule has 156 valence electrons. The molecule has 4 aromatic rings. The van der Waals surface area contributed by atoms with Crippen molar-refractivity contribution in [3.8, 4) is 0 Å². The van der Waals surface area contributed by atoms with Crippen molar-refractivity contribution in [3.63, 3.8) is 0 Å². The minimum Gasteiger partial charge on any atom is -0.748 e. The molecule has 4 rings (SSSR count). The molecule has 1 nitrogen and oxygen atoms in total. The van der Waals surface area contributed by atoms with Crippen molar-refractivity contribution in [2.45, 2.75) is 5.66 Å². The Hall–Kier alpha value is -1.95. The van der Waals surface area contributed by atoms with E-state index in [0.29, 0.717) is 5.66 Å². The van der Waals surface area contributed by atoms with Crippen LogP contribution in [0, 0.1) is 0 Å². The fraction of sp³-hybridized carbons (Fsp3) is 0.154. The van der Waals surface area contributed by atoms with E-state index in [0.717, 1.165) is 6.54 Å². The molecule has 0 amide bonds. The zero-order valence-electron chi connectivity index (χ0n) is 17.0. The van der Waals surface area contributed by atoms with Gasteiger partial charge in [-0.2, -0.15) is 12.1 Å². The third-order valence-electron chi connectivity index (χ3n) is 4.55. The summed E-state index contributed by atoms with van der Waals surface area (Å²) < 4.78 is 0. The van der Waals surface area contributed by atoms with Gasteiger partial charge in [0.2, 0.25) is 0 Å². The zero-order chi connectivity index (χ0) is 19.6. The molecule has 0 N–H and O–H groups in total. The largest absolute Gasteiger partial charge is 0.748 e. The van der Waals surface area contributed by atoms with Crippen LogP contribution in [0.4, 0.5) is 0 Å². The third kappa shape index (κ3) is 7.10. The molecule has 1 unspecified atom stereocenters. The van der Waals surface area contributed by atoms with E-state index in [1.54, 1.807) is 0 Å². The summed E-state index contributed by atoms with van der Waals surface area (Å²) in [6, 6.07) is 40.8. The number of likely N-dealkylation sites (N-methyl/N-ethyl adjacent to an activating group) is 1. The van der Waals surface area contributed by atoms with Gasteiger partial charge >= 0.3 is 0 Å². The Morgan fingerprint density at radius 1 is 0.724 bits per heavy atom. The van der Waals surface area contributed by atoms with E-state index < -0.39 is 7.92 Å². The van der Waals surface area contributed by atoms with Crippen LogP contribution in [0.2, 0.25) is 0 Å². The van der Waals surface area contributed by atoms with Crippen molar-refractivity contribution >= 4 is 18.5 Å². The maximum Gasteiger partial charge on any atom is 0 e. The summed E-state index contributed by atoms with van der Waals surface area (Å²) in [4.78, 5) is 2.30. The van der Waals surface area contributed by atoms with Crippen LogP contribution in [-0.4, -0.2) is 25.5 Å². The Morgan fingerprint density at radius 3 is 1.52 bits per heavy atom. The van der Waals surface area contributed by atoms with Crippen LogP contribution in [0.5, 0.6) is 0 Å². The van der Waals surface area contributed by atoms with Crippen LogP contribution < -0.4 is 10.6 Å². The summed E-state index contributed by atoms with van der Waals surface area (Å²) in [7, 11) is 3.89. The fourth-order valence-corrected chi connectivity index (χ4v) is 6.26. The standard InChI is InChI=1S/C21H23NP.C5H5.Fe/c1-22(2)17-21(18-11-9-10-12-18)23(19-13-5-3-6-14-19)20-15-7-4-8-16-20;1-2-4-5-3-1;/h3-16,21H,17H2,1-2H3;1-5H;/q-1;-5;. The quantitative estimate of drug-likeness (QED) is 0.216. The van der Waals surface area contributed by atoms with Crippen molar-refractivity contribution in [3.05, 3.63) is 121 Å². The smallest absolute Gasteiger partial charge is 0 e. The van der Waals surface area contributed by atoms with Gasteiger partial charge in [0.1, 0.15) is 0 Å². The molecule has 0 heterocycles. The predicted octanol–water partition coefficient (Wildman–Crippen LogP) is 5.54. The molecule has 0 aliphatic carbocycles. The van der Waals surface area contributed by atoms with E-state index in [-0.39, 0.29) is 17.1 Å². The average molecular weight is 441 g/mol. The van der Waals surface area contributed by atoms with Crippen molar-refractivity contribution in [1.29, 1.82) is 0 Å². The first-order chi connectivity index (χ1) is 13.8. The van der Waals surface area contributed by atoms with Crippen LogP contribution in [0.1, 0.15) is 11.2 Å². The van der Waals surface area contributed by atoms with Gasteiger partial charge in [-0.15, -0.1) is 5.56 Å². The topological polar surface area (TPSA) is 3.24 Å². The Bertz CT molecular complexity index is 814. The van der Waals surface area contributed by atoms with Gasteiger partial charge in [0.05, 0.1) is 0 Å². The Labute approximate surface area is 187 Å². The molecule has 29 heavy (non-hydrogen) atoms. The summed E-state index contributed by atoms with van der Waals surface area (Å²) >= 11 is 0. The van der Waals surface area contributed by atoms with E-state index >= 15 is 0 Å². The van der Waals surface area contributed by atoms with E-state index in [4.69, 9.17) is 0 Å². The molecule has 0 aliphatic rings. The second kappa shape index (κ2) is 12.6. The first-order valence-electron chi connectivity index (χ1n) is 9.68. The van der Waals surface area contributed by atoms with Crippen LogP contribution in [0.15, 0.2) is 115 Å². The second-order valence-corrected chi connectivity index (χ2v) is 9.40. The molecule has 0 aromatic heterocycles. The molecule has 4 aromatic carbocycles. The molecule has 1 atom stereocenters. The molecule has 0 fully saturated rings. The number of benzene rings is 2. The normalized spacial score (nSPS) is 11.4. The minimum absolute atomic E-state index is 0. The number of hydrogen-bond donors (Lipinski definition) is 0. The van der Waals surface area contributed by atoms with E-state index in [1.807, 2.05) is 30.3 Å². The van der Waals surface area contributed by atoms with Crippen molar-refractivity contribution < 1.29 is 17.1 Å². The molecule has 0 bridgehead atoms. The Kier molecular flexibility index (Phi) is 10.1. The van der Waals surface area contributed by atoms with Gasteiger partial charge in [0.15, 0.2) is 0 Å². The van der Waals surface area contributed by atoms with Gasteiger partial charge in [-0.1, -0.05) is 60.7 Å². The fourth-order valence-electron chi connectivity index (χ4n) is 3.30. The zero-order valence-corrected chi connectivity index (χ0v) is 19.0. The summed E-state index contributed by atoms with van der Waals surface area (Å²) in [5.74, 6) is 0. The van der Waals surface area contributed by atoms with Gasteiger partial charge in [-0.3, -0.25) is 0 Å². The summed E-state index contributed by atoms with van der Waals surface area (Å²) in [6.07, 6.45) is 0. The van der Waals surface area contributed by atoms with Gasteiger partial charge in [0, 0.05) is 17.1 Å². The van der Waals surface area contributed by atoms with Crippen LogP contribution >= 0.6 is 7.92 Å². The molecule has 0 radical (unpaired) electrons. The number of rotatable bonds is 6. The average Bonchev–Trinajstić information content (AvgIpc) is 3.46. The summed E-state index contributed by atoms with van der Waals surface area (Å²) in [5.41, 5.74) is 1.94. The molecule has 0 spiro atoms. The van der Waals surface area contributed by atoms with Gasteiger partial charge < -0.3 is 35.2 Å². The Balaban J connectivity index is 0.000000437. The maximum atomic E-state index is 2.30. The molecule has 0 saturated carbocycles. The van der Waals surface area contributed by atoms with Crippen molar-refractivity contribution in [2.75, 3.05) is 20.6 Å². The third-order valence-corrected chi connectivity index (χ3v) is 7.34. The second-order valence-electron chi connectivity index (χ2n) is 7.00. The van der Waals surface area contributed by atoms with Gasteiger partial charge in [-0.25, -0.2) is 12.1 Å². The molecule has 0 saturated heterocycles. The summed E-state index contributed by atoms with van der Waals surface area (Å²) in [6.45, 7) is 1.06. The number of hydrogen-bond acceptors (Lipinski definition) is 1. The first-order valence-corrected chi connectivity index (χ1v) is 11.1. The molecular weight excluding hydrogens is 413 g/mol. The van der Waals surface area contributed by atoms with E-state index in [2.05, 4.69) is 104 Å². The predicted molar refractivity (Wildman–Crippen MR) is 124 cm³/mol. The molecule has 3 heteroatoms. The van der Waals surface area contributed by atoms with Crippen LogP contribution in [-0.2, 0) is 17.1 Å². The van der Waals surface area contributed by atoms with E-state index in [1.165, 1.54) is 16.2 Å². The van der Waals surface area contributed by atoms with Gasteiger partial charge in [-0.05, 0) is 44.8 Å². The summed E-state index contributed by atoms with van der Waals surface area (Å²) in [5, 5.41) is 2.89. The Morgan fingerprint density at radius 2 is 1.14 bits per heavy atom. The minimum atomic E-state index is -0.439. The van der Waals surface area contributed by atoms with Crippen LogP contribution in [0.25, 0.3) is 0 Å². The molecular formula is C26H28FeNP-6. The molecule has 0 aliphatic heterocycles. The van der Waals surface area contributed by atoms with Crippen molar-refractivity contribution in [1.82, 2.24) is 4.90 Å².